The summed E-state index contributed by atoms with van der Waals surface area (Å²) in [7, 11) is 0. The van der Waals surface area contributed by atoms with Crippen molar-refractivity contribution in [1.82, 2.24) is 30.3 Å². The zero-order chi connectivity index (χ0) is 22.0. The van der Waals surface area contributed by atoms with E-state index >= 15 is 0 Å². The molecule has 9 heteroatoms. The van der Waals surface area contributed by atoms with Crippen LogP contribution in [0.1, 0.15) is 47.5 Å². The van der Waals surface area contributed by atoms with E-state index in [1.165, 1.54) is 5.56 Å². The Morgan fingerprint density at radius 3 is 2.71 bits per heavy atom. The Labute approximate surface area is 183 Å². The van der Waals surface area contributed by atoms with Gasteiger partial charge >= 0.3 is 5.69 Å². The summed E-state index contributed by atoms with van der Waals surface area (Å²) in [6.45, 7) is 6.13. The zero-order valence-electron chi connectivity index (χ0n) is 17.8. The summed E-state index contributed by atoms with van der Waals surface area (Å²) < 4.78 is 5.48. The molecule has 4 aromatic rings. The second-order valence-electron chi connectivity index (χ2n) is 7.52. The molecule has 0 fully saturated rings. The van der Waals surface area contributed by atoms with Crippen molar-refractivity contribution < 1.29 is 4.52 Å². The van der Waals surface area contributed by atoms with Gasteiger partial charge in [-0.15, -0.1) is 0 Å². The van der Waals surface area contributed by atoms with Crippen molar-refractivity contribution in [3.05, 3.63) is 69.5 Å². The van der Waals surface area contributed by atoms with Crippen LogP contribution in [0.4, 0.5) is 0 Å². The van der Waals surface area contributed by atoms with Crippen molar-refractivity contribution in [1.29, 1.82) is 0 Å². The molecule has 4 rings (SSSR count). The third-order valence-corrected chi connectivity index (χ3v) is 6.27. The number of pyridine rings is 1. The normalized spacial score (nSPS) is 13.3. The molecule has 0 amide bonds. The Morgan fingerprint density at radius 2 is 2.03 bits per heavy atom. The fraction of sp³-hybridized carbons (Fsp3) is 0.318. The maximum atomic E-state index is 11.5. The van der Waals surface area contributed by atoms with Gasteiger partial charge in [0.05, 0.1) is 0 Å². The first kappa shape index (κ1) is 21.0. The van der Waals surface area contributed by atoms with Gasteiger partial charge in [-0.3, -0.25) is 9.97 Å². The summed E-state index contributed by atoms with van der Waals surface area (Å²) in [5.41, 5.74) is 4.63. The lowest BCUT2D eigenvalue weighted by Gasteiger charge is -2.17. The lowest BCUT2D eigenvalue weighted by molar-refractivity contribution is 0.425. The number of aryl methyl sites for hydroxylation is 1. The van der Waals surface area contributed by atoms with Crippen molar-refractivity contribution in [2.24, 2.45) is 0 Å². The third kappa shape index (κ3) is 4.46. The standard InChI is InChI=1S/C22H24N6O2S/c1-12(16-6-5-9-23-19(16)20-25-22(29)27-26-20)10-15-7-8-17(13(2)31-4)18(11-15)21-24-14(3)28-30-21/h5-9,11-13H,10H2,1-4H3,(H2,25,26,27,29). The summed E-state index contributed by atoms with van der Waals surface area (Å²) in [6.07, 6.45) is 4.57. The summed E-state index contributed by atoms with van der Waals surface area (Å²) in [6, 6.07) is 10.4. The van der Waals surface area contributed by atoms with Crippen LogP contribution in [0.3, 0.4) is 0 Å². The van der Waals surface area contributed by atoms with Crippen LogP contribution in [0.2, 0.25) is 0 Å². The van der Waals surface area contributed by atoms with E-state index in [0.717, 1.165) is 23.1 Å². The number of benzene rings is 1. The van der Waals surface area contributed by atoms with Crippen molar-refractivity contribution in [3.63, 3.8) is 0 Å². The second-order valence-corrected chi connectivity index (χ2v) is 8.70. The van der Waals surface area contributed by atoms with Gasteiger partial charge in [0.1, 0.15) is 5.69 Å². The number of H-pyrrole nitrogens is 2. The van der Waals surface area contributed by atoms with Crippen molar-refractivity contribution in [2.45, 2.75) is 38.4 Å². The van der Waals surface area contributed by atoms with Crippen LogP contribution >= 0.6 is 11.8 Å². The molecule has 3 aromatic heterocycles. The molecule has 0 aliphatic heterocycles. The number of rotatable bonds is 7. The van der Waals surface area contributed by atoms with E-state index in [1.807, 2.05) is 19.1 Å². The van der Waals surface area contributed by atoms with Crippen LogP contribution in [-0.4, -0.2) is 36.6 Å². The topological polar surface area (TPSA) is 113 Å². The molecule has 0 saturated heterocycles. The number of nitrogens with zero attached hydrogens (tertiary/aromatic N) is 4. The van der Waals surface area contributed by atoms with Gasteiger partial charge in [-0.25, -0.2) is 9.89 Å². The Bertz CT molecular complexity index is 1240. The quantitative estimate of drug-likeness (QED) is 0.444. The van der Waals surface area contributed by atoms with Crippen LogP contribution in [-0.2, 0) is 6.42 Å². The highest BCUT2D eigenvalue weighted by Gasteiger charge is 2.20. The molecule has 0 aliphatic carbocycles. The Hall–Kier alpha value is -3.20. The van der Waals surface area contributed by atoms with Crippen molar-refractivity contribution in [3.8, 4) is 23.0 Å². The van der Waals surface area contributed by atoms with E-state index in [2.05, 4.69) is 68.6 Å². The van der Waals surface area contributed by atoms with E-state index in [1.54, 1.807) is 18.0 Å². The SMILES string of the molecule is CSC(C)c1ccc(CC(C)c2cccnc2-c2n[nH]c(=O)[nH]2)cc1-c1nc(C)no1. The number of aromatic amines is 2. The summed E-state index contributed by atoms with van der Waals surface area (Å²) >= 11 is 1.77. The molecule has 0 saturated carbocycles. The van der Waals surface area contributed by atoms with Crippen LogP contribution in [0.5, 0.6) is 0 Å². The number of thioether (sulfide) groups is 1. The number of aromatic nitrogens is 6. The number of nitrogens with one attached hydrogen (secondary N) is 2. The van der Waals surface area contributed by atoms with Crippen LogP contribution in [0.25, 0.3) is 23.0 Å². The average Bonchev–Trinajstić information content (AvgIpc) is 3.41. The predicted molar refractivity (Wildman–Crippen MR) is 121 cm³/mol. The molecule has 0 radical (unpaired) electrons. The molecule has 0 bridgehead atoms. The maximum absolute atomic E-state index is 11.5. The Balaban J connectivity index is 1.68. The van der Waals surface area contributed by atoms with Crippen molar-refractivity contribution >= 4 is 11.8 Å². The monoisotopic (exact) mass is 436 g/mol. The molecule has 0 aliphatic rings. The maximum Gasteiger partial charge on any atom is 0.340 e. The Kier molecular flexibility index (Phi) is 6.03. The highest BCUT2D eigenvalue weighted by atomic mass is 32.2. The van der Waals surface area contributed by atoms with Gasteiger partial charge in [-0.05, 0) is 61.3 Å². The van der Waals surface area contributed by atoms with E-state index in [9.17, 15) is 4.79 Å². The van der Waals surface area contributed by atoms with E-state index in [-0.39, 0.29) is 11.6 Å². The lowest BCUT2D eigenvalue weighted by atomic mass is 9.90. The van der Waals surface area contributed by atoms with Crippen LogP contribution < -0.4 is 5.69 Å². The summed E-state index contributed by atoms with van der Waals surface area (Å²) in [4.78, 5) is 23.1. The second kappa shape index (κ2) is 8.89. The molecule has 2 unspecified atom stereocenters. The van der Waals surface area contributed by atoms with E-state index < -0.39 is 0 Å². The predicted octanol–water partition coefficient (Wildman–Crippen LogP) is 4.29. The molecule has 160 valence electrons. The molecule has 2 N–H and O–H groups in total. The van der Waals surface area contributed by atoms with Gasteiger partial charge in [0.2, 0.25) is 0 Å². The molecular weight excluding hydrogens is 412 g/mol. The minimum atomic E-state index is -0.350. The van der Waals surface area contributed by atoms with Crippen molar-refractivity contribution in [2.75, 3.05) is 6.26 Å². The third-order valence-electron chi connectivity index (χ3n) is 5.30. The van der Waals surface area contributed by atoms with Crippen LogP contribution in [0.15, 0.2) is 45.8 Å². The summed E-state index contributed by atoms with van der Waals surface area (Å²) in [5, 5.41) is 10.7. The van der Waals surface area contributed by atoms with E-state index in [4.69, 9.17) is 4.52 Å². The minimum Gasteiger partial charge on any atom is -0.334 e. The first-order valence-corrected chi connectivity index (χ1v) is 11.3. The first-order valence-electron chi connectivity index (χ1n) is 10.0. The van der Waals surface area contributed by atoms with Crippen LogP contribution in [0, 0.1) is 6.92 Å². The summed E-state index contributed by atoms with van der Waals surface area (Å²) in [5.74, 6) is 1.74. The smallest absolute Gasteiger partial charge is 0.334 e. The van der Waals surface area contributed by atoms with Gasteiger partial charge in [0.15, 0.2) is 11.6 Å². The molecule has 0 spiro atoms. The average molecular weight is 437 g/mol. The fourth-order valence-corrected chi connectivity index (χ4v) is 4.12. The first-order chi connectivity index (χ1) is 15.0. The molecule has 2 atom stereocenters. The minimum absolute atomic E-state index is 0.144. The van der Waals surface area contributed by atoms with Gasteiger partial charge in [-0.1, -0.05) is 30.3 Å². The Morgan fingerprint density at radius 1 is 1.19 bits per heavy atom. The van der Waals surface area contributed by atoms with Gasteiger partial charge in [0.25, 0.3) is 5.89 Å². The molecule has 31 heavy (non-hydrogen) atoms. The highest BCUT2D eigenvalue weighted by molar-refractivity contribution is 7.98. The fourth-order valence-electron chi connectivity index (χ4n) is 3.66. The lowest BCUT2D eigenvalue weighted by Crippen LogP contribution is -2.05. The van der Waals surface area contributed by atoms with Gasteiger partial charge in [0, 0.05) is 17.0 Å². The largest absolute Gasteiger partial charge is 0.340 e. The zero-order valence-corrected chi connectivity index (χ0v) is 18.7. The number of hydrogen-bond acceptors (Lipinski definition) is 7. The number of hydrogen-bond donors (Lipinski definition) is 2. The molecular formula is C22H24N6O2S. The van der Waals surface area contributed by atoms with Gasteiger partial charge < -0.3 is 4.52 Å². The highest BCUT2D eigenvalue weighted by Crippen LogP contribution is 2.36. The van der Waals surface area contributed by atoms with E-state index in [0.29, 0.717) is 28.5 Å². The molecule has 3 heterocycles. The molecule has 1 aromatic carbocycles. The molecule has 8 nitrogen and oxygen atoms in total. The van der Waals surface area contributed by atoms with Gasteiger partial charge in [-0.2, -0.15) is 21.8 Å².